The van der Waals surface area contributed by atoms with Crippen LogP contribution in [0.25, 0.3) is 0 Å². The van der Waals surface area contributed by atoms with Gasteiger partial charge in [-0.1, -0.05) is 5.16 Å². The van der Waals surface area contributed by atoms with Crippen LogP contribution in [0.3, 0.4) is 0 Å². The van der Waals surface area contributed by atoms with Crippen molar-refractivity contribution >= 4 is 27.6 Å². The summed E-state index contributed by atoms with van der Waals surface area (Å²) in [7, 11) is -2.27. The SMILES string of the molecule is CN(CCCn1c2c(c(=O)[nH]c1=O)CSCC2)S(=O)(=O)c1ccc(/C(N)=N/O)cc1. The highest BCUT2D eigenvalue weighted by Crippen LogP contribution is 2.21. The third-order valence-electron chi connectivity index (χ3n) is 4.96. The molecule has 0 amide bonds. The Morgan fingerprint density at radius 3 is 2.70 bits per heavy atom. The fraction of sp³-hybridized carbons (Fsp3) is 0.389. The molecule has 1 aromatic carbocycles. The molecule has 12 heteroatoms. The van der Waals surface area contributed by atoms with Crippen molar-refractivity contribution in [3.05, 3.63) is 61.9 Å². The standard InChI is InChI=1S/C18H23N5O5S2/c1-22(30(27,28)13-5-3-12(4-6-13)16(19)21-26)8-2-9-23-15-7-10-29-11-14(15)17(24)20-18(23)25/h3-6,26H,2,7-11H2,1H3,(H2,19,21)(H,20,24,25). The molecule has 1 aromatic heterocycles. The van der Waals surface area contributed by atoms with E-state index in [0.717, 1.165) is 11.4 Å². The first-order valence-corrected chi connectivity index (χ1v) is 11.8. The zero-order valence-corrected chi connectivity index (χ0v) is 18.0. The third-order valence-corrected chi connectivity index (χ3v) is 7.82. The van der Waals surface area contributed by atoms with Crippen LogP contribution >= 0.6 is 11.8 Å². The van der Waals surface area contributed by atoms with E-state index < -0.39 is 15.7 Å². The van der Waals surface area contributed by atoms with Crippen LogP contribution in [0.4, 0.5) is 0 Å². The molecule has 3 rings (SSSR count). The van der Waals surface area contributed by atoms with Crippen molar-refractivity contribution in [2.24, 2.45) is 10.9 Å². The smallest absolute Gasteiger partial charge is 0.328 e. The molecule has 0 saturated carbocycles. The van der Waals surface area contributed by atoms with Gasteiger partial charge in [-0.15, -0.1) is 0 Å². The van der Waals surface area contributed by atoms with Crippen LogP contribution in [0.1, 0.15) is 23.2 Å². The molecule has 0 bridgehead atoms. The Bertz CT molecular complexity index is 1170. The first-order chi connectivity index (χ1) is 14.3. The van der Waals surface area contributed by atoms with E-state index in [-0.39, 0.29) is 22.8 Å². The van der Waals surface area contributed by atoms with Gasteiger partial charge in [-0.05, 0) is 42.9 Å². The Morgan fingerprint density at radius 1 is 1.33 bits per heavy atom. The lowest BCUT2D eigenvalue weighted by Gasteiger charge is -2.21. The van der Waals surface area contributed by atoms with E-state index in [1.807, 2.05) is 0 Å². The minimum atomic E-state index is -3.74. The van der Waals surface area contributed by atoms with Crippen LogP contribution in [0.15, 0.2) is 43.9 Å². The van der Waals surface area contributed by atoms with Crippen LogP contribution in [0.2, 0.25) is 0 Å². The summed E-state index contributed by atoms with van der Waals surface area (Å²) in [6.45, 7) is 0.504. The number of hydrogen-bond donors (Lipinski definition) is 3. The van der Waals surface area contributed by atoms with Crippen LogP contribution in [-0.2, 0) is 28.7 Å². The molecule has 0 atom stereocenters. The molecule has 0 unspecified atom stereocenters. The number of aromatic amines is 1. The Hall–Kier alpha value is -2.57. The van der Waals surface area contributed by atoms with E-state index in [9.17, 15) is 18.0 Å². The summed E-state index contributed by atoms with van der Waals surface area (Å²) < 4.78 is 28.3. The molecule has 10 nitrogen and oxygen atoms in total. The van der Waals surface area contributed by atoms with E-state index >= 15 is 0 Å². The Balaban J connectivity index is 1.71. The predicted molar refractivity (Wildman–Crippen MR) is 115 cm³/mol. The van der Waals surface area contributed by atoms with Gasteiger partial charge in [-0.2, -0.15) is 11.8 Å². The van der Waals surface area contributed by atoms with E-state index in [4.69, 9.17) is 10.9 Å². The number of oxime groups is 1. The van der Waals surface area contributed by atoms with Crippen molar-refractivity contribution in [2.75, 3.05) is 19.3 Å². The fourth-order valence-corrected chi connectivity index (χ4v) is 5.47. The summed E-state index contributed by atoms with van der Waals surface area (Å²) >= 11 is 1.65. The normalized spacial score (nSPS) is 14.7. The topological polar surface area (TPSA) is 151 Å². The lowest BCUT2D eigenvalue weighted by atomic mass is 10.2. The van der Waals surface area contributed by atoms with Gasteiger partial charge in [0.05, 0.1) is 4.90 Å². The molecule has 2 aromatic rings. The van der Waals surface area contributed by atoms with Crippen molar-refractivity contribution < 1.29 is 13.6 Å². The number of aromatic nitrogens is 2. The van der Waals surface area contributed by atoms with Gasteiger partial charge in [0.2, 0.25) is 10.0 Å². The van der Waals surface area contributed by atoms with Gasteiger partial charge in [0.25, 0.3) is 5.56 Å². The lowest BCUT2D eigenvalue weighted by molar-refractivity contribution is 0.318. The number of amidine groups is 1. The van der Waals surface area contributed by atoms with Crippen LogP contribution in [0.5, 0.6) is 0 Å². The number of rotatable bonds is 7. The second kappa shape index (κ2) is 9.06. The van der Waals surface area contributed by atoms with Crippen molar-refractivity contribution in [1.82, 2.24) is 13.9 Å². The van der Waals surface area contributed by atoms with E-state index in [1.165, 1.54) is 35.6 Å². The lowest BCUT2D eigenvalue weighted by Crippen LogP contribution is -2.37. The molecule has 0 aliphatic carbocycles. The van der Waals surface area contributed by atoms with Gasteiger partial charge in [-0.25, -0.2) is 17.5 Å². The van der Waals surface area contributed by atoms with Crippen LogP contribution < -0.4 is 17.0 Å². The molecular weight excluding hydrogens is 430 g/mol. The van der Waals surface area contributed by atoms with E-state index in [0.29, 0.717) is 36.3 Å². The first-order valence-electron chi connectivity index (χ1n) is 9.22. The Morgan fingerprint density at radius 2 is 2.03 bits per heavy atom. The van der Waals surface area contributed by atoms with Crippen molar-refractivity contribution in [3.63, 3.8) is 0 Å². The zero-order chi connectivity index (χ0) is 21.9. The Labute approximate surface area is 177 Å². The van der Waals surface area contributed by atoms with Crippen molar-refractivity contribution in [1.29, 1.82) is 0 Å². The van der Waals surface area contributed by atoms with Gasteiger partial charge in [0.1, 0.15) is 0 Å². The molecule has 0 saturated heterocycles. The van der Waals surface area contributed by atoms with E-state index in [2.05, 4.69) is 10.1 Å². The van der Waals surface area contributed by atoms with Crippen molar-refractivity contribution in [3.8, 4) is 0 Å². The number of nitrogens with zero attached hydrogens (tertiary/aromatic N) is 3. The quantitative estimate of drug-likeness (QED) is 0.233. The van der Waals surface area contributed by atoms with Crippen LogP contribution in [0, 0.1) is 0 Å². The molecular formula is C18H23N5O5S2. The average Bonchev–Trinajstić information content (AvgIpc) is 2.75. The van der Waals surface area contributed by atoms with Gasteiger partial charge in [0.15, 0.2) is 5.84 Å². The van der Waals surface area contributed by atoms with Crippen molar-refractivity contribution in [2.45, 2.75) is 30.0 Å². The fourth-order valence-electron chi connectivity index (χ4n) is 3.28. The molecule has 162 valence electrons. The Kier molecular flexibility index (Phi) is 6.68. The maximum atomic E-state index is 12.8. The van der Waals surface area contributed by atoms with Gasteiger partial charge >= 0.3 is 5.69 Å². The molecule has 0 spiro atoms. The predicted octanol–water partition coefficient (Wildman–Crippen LogP) is 0.131. The summed E-state index contributed by atoms with van der Waals surface area (Å²) in [5.41, 5.74) is 6.46. The molecule has 1 aliphatic heterocycles. The highest BCUT2D eigenvalue weighted by molar-refractivity contribution is 7.98. The molecule has 4 N–H and O–H groups in total. The number of H-pyrrole nitrogens is 1. The second-order valence-corrected chi connectivity index (χ2v) is 9.98. The maximum absolute atomic E-state index is 12.8. The number of sulfonamides is 1. The number of thioether (sulfide) groups is 1. The number of hydrogen-bond acceptors (Lipinski definition) is 7. The molecule has 2 heterocycles. The van der Waals surface area contributed by atoms with E-state index in [1.54, 1.807) is 16.3 Å². The number of nitrogens with two attached hydrogens (primary N) is 1. The van der Waals surface area contributed by atoms with Gasteiger partial charge in [-0.3, -0.25) is 14.3 Å². The molecule has 1 aliphatic rings. The second-order valence-electron chi connectivity index (χ2n) is 6.83. The van der Waals surface area contributed by atoms with Gasteiger partial charge < -0.3 is 10.9 Å². The number of benzene rings is 1. The summed E-state index contributed by atoms with van der Waals surface area (Å²) in [6, 6.07) is 5.69. The molecule has 0 radical (unpaired) electrons. The monoisotopic (exact) mass is 453 g/mol. The number of fused-ring (bicyclic) bond motifs is 1. The molecule has 0 fully saturated rings. The zero-order valence-electron chi connectivity index (χ0n) is 16.4. The maximum Gasteiger partial charge on any atom is 0.328 e. The number of nitrogens with one attached hydrogen (secondary N) is 1. The average molecular weight is 454 g/mol. The largest absolute Gasteiger partial charge is 0.409 e. The summed E-state index contributed by atoms with van der Waals surface area (Å²) in [6.07, 6.45) is 1.05. The minimum Gasteiger partial charge on any atom is -0.409 e. The minimum absolute atomic E-state index is 0.0788. The summed E-state index contributed by atoms with van der Waals surface area (Å²) in [5, 5.41) is 11.6. The summed E-state index contributed by atoms with van der Waals surface area (Å²) in [4.78, 5) is 26.7. The van der Waals surface area contributed by atoms with Crippen LogP contribution in [-0.4, -0.2) is 52.7 Å². The highest BCUT2D eigenvalue weighted by Gasteiger charge is 2.22. The van der Waals surface area contributed by atoms with Gasteiger partial charge in [0, 0.05) is 42.7 Å². The summed E-state index contributed by atoms with van der Waals surface area (Å²) in [5.74, 6) is 1.30. The highest BCUT2D eigenvalue weighted by atomic mass is 32.2. The first kappa shape index (κ1) is 22.1. The molecule has 30 heavy (non-hydrogen) atoms. The third kappa shape index (κ3) is 4.45.